The third-order valence-electron chi connectivity index (χ3n) is 8.23. The van der Waals surface area contributed by atoms with Crippen molar-refractivity contribution in [2.24, 2.45) is 0 Å². The second-order valence-corrected chi connectivity index (χ2v) is 10.8. The zero-order chi connectivity index (χ0) is 29.3. The number of aromatic nitrogens is 1. The van der Waals surface area contributed by atoms with E-state index < -0.39 is 18.2 Å². The fraction of sp³-hybridized carbons (Fsp3) is 0.467. The van der Waals surface area contributed by atoms with E-state index in [1.54, 1.807) is 49.3 Å². The number of imide groups is 1. The number of aromatic amines is 1. The number of phenols is 1. The summed E-state index contributed by atoms with van der Waals surface area (Å²) in [5, 5.41) is 10.8. The van der Waals surface area contributed by atoms with Crippen LogP contribution in [-0.2, 0) is 22.4 Å². The first-order valence-corrected chi connectivity index (χ1v) is 13.9. The Morgan fingerprint density at radius 3 is 2.71 bits per heavy atom. The van der Waals surface area contributed by atoms with Gasteiger partial charge in [0.2, 0.25) is 0 Å². The normalized spacial score (nSPS) is 20.4. The maximum atomic E-state index is 14.0. The zero-order valence-corrected chi connectivity index (χ0v) is 23.5. The molecule has 3 heterocycles. The van der Waals surface area contributed by atoms with Crippen molar-refractivity contribution in [2.45, 2.75) is 51.3 Å². The van der Waals surface area contributed by atoms with Crippen LogP contribution in [0.5, 0.6) is 11.5 Å². The number of carbonyl (C=O) groups is 2. The number of urea groups is 1. The van der Waals surface area contributed by atoms with Gasteiger partial charge in [0.15, 0.2) is 0 Å². The maximum Gasteiger partial charge on any atom is 0.387 e. The molecule has 5 rings (SSSR count). The second-order valence-electron chi connectivity index (χ2n) is 10.8. The molecule has 3 aromatic rings. The number of hydrogen-bond acceptors (Lipinski definition) is 6. The molecule has 0 saturated carbocycles. The van der Waals surface area contributed by atoms with E-state index in [1.165, 1.54) is 11.0 Å². The number of aromatic hydroxyl groups is 1. The average Bonchev–Trinajstić information content (AvgIpc) is 3.37. The Balaban J connectivity index is 1.50. The molecule has 0 radical (unpaired) electrons. The number of benzene rings is 2. The topological polar surface area (TPSA) is 98.3 Å². The summed E-state index contributed by atoms with van der Waals surface area (Å²) >= 11 is 0. The Morgan fingerprint density at radius 1 is 1.20 bits per heavy atom. The van der Waals surface area contributed by atoms with E-state index in [0.29, 0.717) is 30.4 Å². The van der Waals surface area contributed by atoms with Gasteiger partial charge in [0.25, 0.3) is 5.91 Å². The fourth-order valence-corrected chi connectivity index (χ4v) is 6.23. The van der Waals surface area contributed by atoms with Crippen LogP contribution in [0.25, 0.3) is 10.9 Å². The van der Waals surface area contributed by atoms with Crippen LogP contribution >= 0.6 is 0 Å². The Hall–Kier alpha value is -3.70. The summed E-state index contributed by atoms with van der Waals surface area (Å²) in [5.74, 6) is -0.148. The van der Waals surface area contributed by atoms with Gasteiger partial charge in [0.1, 0.15) is 17.0 Å². The fourth-order valence-electron chi connectivity index (χ4n) is 6.23. The lowest BCUT2D eigenvalue weighted by Gasteiger charge is -2.42. The highest BCUT2D eigenvalue weighted by Crippen LogP contribution is 2.48. The van der Waals surface area contributed by atoms with Gasteiger partial charge >= 0.3 is 12.6 Å². The van der Waals surface area contributed by atoms with Crippen LogP contribution in [0.3, 0.4) is 0 Å². The van der Waals surface area contributed by atoms with Crippen LogP contribution < -0.4 is 4.74 Å². The standard InChI is InChI=1S/C30H36F2N4O5/c1-4-34(13-14-40-3)11-6-12-35-27(38)30(2)18-23-22-17-21(41-28(31)32)9-10-24(22)33-26(23)25(36(30)29(35)39)16-19-7-5-8-20(37)15-19/h5,7-10,15,17,25,28,33,37H,4,6,11-14,16,18H2,1-3H3/t25?,30-/m0/s1. The number of alkyl halides is 2. The molecule has 2 aliphatic heterocycles. The smallest absolute Gasteiger partial charge is 0.387 e. The van der Waals surface area contributed by atoms with Crippen molar-refractivity contribution in [1.29, 1.82) is 0 Å². The van der Waals surface area contributed by atoms with Crippen molar-refractivity contribution in [1.82, 2.24) is 19.7 Å². The minimum atomic E-state index is -2.96. The van der Waals surface area contributed by atoms with Crippen LogP contribution in [0.4, 0.5) is 13.6 Å². The number of H-pyrrole nitrogens is 1. The van der Waals surface area contributed by atoms with Gasteiger partial charge in [-0.3, -0.25) is 9.69 Å². The number of carbonyl (C=O) groups excluding carboxylic acids is 2. The minimum Gasteiger partial charge on any atom is -0.508 e. The summed E-state index contributed by atoms with van der Waals surface area (Å²) in [6.45, 7) is 4.09. The van der Waals surface area contributed by atoms with Gasteiger partial charge < -0.3 is 29.4 Å². The van der Waals surface area contributed by atoms with Gasteiger partial charge in [-0.25, -0.2) is 4.79 Å². The summed E-state index contributed by atoms with van der Waals surface area (Å²) in [5.41, 5.74) is 1.87. The first-order chi connectivity index (χ1) is 19.7. The number of ether oxygens (including phenoxy) is 2. The second kappa shape index (κ2) is 11.7. The number of amides is 3. The van der Waals surface area contributed by atoms with Gasteiger partial charge in [0.05, 0.1) is 12.6 Å². The molecule has 1 saturated heterocycles. The molecule has 9 nitrogen and oxygen atoms in total. The van der Waals surface area contributed by atoms with E-state index in [9.17, 15) is 23.5 Å². The Morgan fingerprint density at radius 2 is 2.00 bits per heavy atom. The molecule has 0 bridgehead atoms. The van der Waals surface area contributed by atoms with Crippen molar-refractivity contribution >= 4 is 22.8 Å². The lowest BCUT2D eigenvalue weighted by atomic mass is 9.81. The summed E-state index contributed by atoms with van der Waals surface area (Å²) < 4.78 is 35.8. The van der Waals surface area contributed by atoms with Crippen LogP contribution in [0.15, 0.2) is 42.5 Å². The molecule has 2 atom stereocenters. The molecule has 11 heteroatoms. The number of nitrogens with one attached hydrogen (secondary N) is 1. The third kappa shape index (κ3) is 5.48. The predicted molar refractivity (Wildman–Crippen MR) is 149 cm³/mol. The number of phenolic OH excluding ortho intramolecular Hbond substituents is 1. The largest absolute Gasteiger partial charge is 0.508 e. The SMILES string of the molecule is CCN(CCCN1C(=O)N2C(Cc3cccc(O)c3)c3[nH]c4ccc(OC(F)F)cc4c3C[C@@]2(C)C1=O)CCOC. The van der Waals surface area contributed by atoms with E-state index in [2.05, 4.69) is 21.5 Å². The van der Waals surface area contributed by atoms with Gasteiger partial charge in [-0.05, 0) is 74.3 Å². The maximum absolute atomic E-state index is 14.0. The van der Waals surface area contributed by atoms with Crippen LogP contribution in [0.1, 0.15) is 43.1 Å². The number of hydrogen-bond donors (Lipinski definition) is 2. The molecule has 3 amide bonds. The Labute approximate surface area is 237 Å². The molecule has 0 aliphatic carbocycles. The molecule has 2 N–H and O–H groups in total. The first kappa shape index (κ1) is 28.8. The van der Waals surface area contributed by atoms with Crippen LogP contribution in [0, 0.1) is 0 Å². The number of rotatable bonds is 12. The molecular formula is C30H36F2N4O5. The Kier molecular flexibility index (Phi) is 8.19. The molecule has 1 fully saturated rings. The van der Waals surface area contributed by atoms with Crippen LogP contribution in [-0.4, -0.2) is 88.8 Å². The number of nitrogens with zero attached hydrogens (tertiary/aromatic N) is 3. The van der Waals surface area contributed by atoms with Crippen molar-refractivity contribution in [2.75, 3.05) is 39.9 Å². The summed E-state index contributed by atoms with van der Waals surface area (Å²) in [6, 6.07) is 10.6. The van der Waals surface area contributed by atoms with Gasteiger partial charge in [-0.15, -0.1) is 0 Å². The molecule has 1 unspecified atom stereocenters. The highest BCUT2D eigenvalue weighted by molar-refractivity contribution is 6.08. The zero-order valence-electron chi connectivity index (χ0n) is 23.5. The molecular weight excluding hydrogens is 534 g/mol. The monoisotopic (exact) mass is 570 g/mol. The molecule has 2 aliphatic rings. The number of methoxy groups -OCH3 is 1. The molecule has 41 heavy (non-hydrogen) atoms. The number of fused-ring (bicyclic) bond motifs is 4. The van der Waals surface area contributed by atoms with Crippen molar-refractivity contribution in [3.8, 4) is 11.5 Å². The molecule has 1 aromatic heterocycles. The number of likely N-dealkylation sites (N-methyl/N-ethyl adjacent to an activating group) is 1. The van der Waals surface area contributed by atoms with E-state index in [0.717, 1.165) is 36.5 Å². The highest BCUT2D eigenvalue weighted by atomic mass is 19.3. The van der Waals surface area contributed by atoms with Crippen LogP contribution in [0.2, 0.25) is 0 Å². The van der Waals surface area contributed by atoms with E-state index in [-0.39, 0.29) is 36.4 Å². The summed E-state index contributed by atoms with van der Waals surface area (Å²) in [7, 11) is 1.66. The van der Waals surface area contributed by atoms with Gasteiger partial charge in [0, 0.05) is 43.2 Å². The Bertz CT molecular complexity index is 1430. The van der Waals surface area contributed by atoms with Gasteiger partial charge in [-0.1, -0.05) is 19.1 Å². The van der Waals surface area contributed by atoms with Gasteiger partial charge in [-0.2, -0.15) is 8.78 Å². The quantitative estimate of drug-likeness (QED) is 0.307. The lowest BCUT2D eigenvalue weighted by molar-refractivity contribution is -0.133. The highest BCUT2D eigenvalue weighted by Gasteiger charge is 2.59. The van der Waals surface area contributed by atoms with E-state index in [1.807, 2.05) is 6.07 Å². The lowest BCUT2D eigenvalue weighted by Crippen LogP contribution is -2.53. The third-order valence-corrected chi connectivity index (χ3v) is 8.23. The van der Waals surface area contributed by atoms with Crippen molar-refractivity contribution < 1.29 is 33.0 Å². The molecule has 2 aromatic carbocycles. The first-order valence-electron chi connectivity index (χ1n) is 13.9. The van der Waals surface area contributed by atoms with Crippen molar-refractivity contribution in [3.63, 3.8) is 0 Å². The number of halogens is 2. The molecule has 220 valence electrons. The van der Waals surface area contributed by atoms with E-state index >= 15 is 0 Å². The summed E-state index contributed by atoms with van der Waals surface area (Å²) in [4.78, 5) is 36.6. The minimum absolute atomic E-state index is 0.0239. The average molecular weight is 571 g/mol. The predicted octanol–water partition coefficient (Wildman–Crippen LogP) is 4.70. The van der Waals surface area contributed by atoms with E-state index in [4.69, 9.17) is 4.74 Å². The summed E-state index contributed by atoms with van der Waals surface area (Å²) in [6.07, 6.45) is 1.20. The molecule has 0 spiro atoms. The van der Waals surface area contributed by atoms with Crippen molar-refractivity contribution in [3.05, 3.63) is 59.3 Å².